The number of nitro groups is 1. The molecule has 11 nitrogen and oxygen atoms in total. The van der Waals surface area contributed by atoms with Crippen LogP contribution in [0.1, 0.15) is 41.6 Å². The Bertz CT molecular complexity index is 1660. The highest BCUT2D eigenvalue weighted by Crippen LogP contribution is 2.42. The molecule has 4 aromatic rings. The molecule has 2 aliphatic rings. The fourth-order valence-electron chi connectivity index (χ4n) is 6.27. The van der Waals surface area contributed by atoms with Gasteiger partial charge in [0.15, 0.2) is 6.29 Å². The van der Waals surface area contributed by atoms with E-state index in [2.05, 4.69) is 27.4 Å². The molecule has 0 radical (unpaired) electrons. The number of ether oxygens (including phenoxy) is 2. The minimum Gasteiger partial charge on any atom is -0.392 e. The van der Waals surface area contributed by atoms with Crippen LogP contribution in [0.5, 0.6) is 0 Å². The second-order valence-electron chi connectivity index (χ2n) is 12.3. The number of nitrogens with one attached hydrogen (secondary N) is 2. The quantitative estimate of drug-likeness (QED) is 0.140. The van der Waals surface area contributed by atoms with Crippen molar-refractivity contribution >= 4 is 23.1 Å². The highest BCUT2D eigenvalue weighted by atomic mass is 16.7. The van der Waals surface area contributed by atoms with E-state index >= 15 is 0 Å². The summed E-state index contributed by atoms with van der Waals surface area (Å²) in [6, 6.07) is 31.5. The zero-order valence-corrected chi connectivity index (χ0v) is 26.9. The van der Waals surface area contributed by atoms with Crippen molar-refractivity contribution in [2.24, 2.45) is 5.92 Å². The Morgan fingerprint density at radius 3 is 2.29 bits per heavy atom. The first-order valence-corrected chi connectivity index (χ1v) is 16.3. The van der Waals surface area contributed by atoms with Gasteiger partial charge in [0, 0.05) is 74.3 Å². The van der Waals surface area contributed by atoms with Gasteiger partial charge in [-0.15, -0.1) is 0 Å². The summed E-state index contributed by atoms with van der Waals surface area (Å²) in [4.78, 5) is 28.0. The van der Waals surface area contributed by atoms with E-state index in [9.17, 15) is 20.0 Å². The lowest BCUT2D eigenvalue weighted by atomic mass is 9.90. The maximum absolute atomic E-state index is 12.7. The number of aliphatic hydroxyl groups is 1. The van der Waals surface area contributed by atoms with Gasteiger partial charge >= 0.3 is 6.03 Å². The Morgan fingerprint density at radius 1 is 0.875 bits per heavy atom. The van der Waals surface area contributed by atoms with Crippen LogP contribution in [0.2, 0.25) is 0 Å². The van der Waals surface area contributed by atoms with Gasteiger partial charge in [-0.1, -0.05) is 73.7 Å². The molecule has 4 aromatic carbocycles. The van der Waals surface area contributed by atoms with Crippen molar-refractivity contribution in [2.75, 3.05) is 42.9 Å². The Kier molecular flexibility index (Phi) is 10.6. The molecule has 0 aliphatic carbocycles. The van der Waals surface area contributed by atoms with Crippen LogP contribution < -0.4 is 15.5 Å². The summed E-state index contributed by atoms with van der Waals surface area (Å²) in [7, 11) is 0. The zero-order valence-electron chi connectivity index (χ0n) is 26.9. The SMILES string of the molecule is C[C@H]1[C@@H](CN2CCN(c3ccc([N+](=O)[O-])cc3)CC2)O[C@@H](c2cccc(NC(=O)NCc3ccccc3)c2)O[C@H]1c1ccc(CO)cc1. The van der Waals surface area contributed by atoms with Gasteiger partial charge in [-0.25, -0.2) is 4.79 Å². The first kappa shape index (κ1) is 33.1. The highest BCUT2D eigenvalue weighted by molar-refractivity contribution is 5.89. The van der Waals surface area contributed by atoms with Crippen molar-refractivity contribution < 1.29 is 24.3 Å². The zero-order chi connectivity index (χ0) is 33.5. The number of non-ortho nitro benzene ring substituents is 1. The average molecular weight is 652 g/mol. The van der Waals surface area contributed by atoms with E-state index in [-0.39, 0.29) is 41.4 Å². The van der Waals surface area contributed by atoms with Crippen molar-refractivity contribution in [3.63, 3.8) is 0 Å². The van der Waals surface area contributed by atoms with Crippen molar-refractivity contribution in [3.8, 4) is 0 Å². The van der Waals surface area contributed by atoms with Gasteiger partial charge in [0.2, 0.25) is 0 Å². The van der Waals surface area contributed by atoms with Crippen LogP contribution >= 0.6 is 0 Å². The number of rotatable bonds is 10. The first-order valence-electron chi connectivity index (χ1n) is 16.3. The molecule has 2 heterocycles. The van der Waals surface area contributed by atoms with Crippen LogP contribution in [0.4, 0.5) is 21.9 Å². The molecule has 0 spiro atoms. The smallest absolute Gasteiger partial charge is 0.319 e. The number of anilines is 2. The van der Waals surface area contributed by atoms with Crippen molar-refractivity contribution in [1.29, 1.82) is 0 Å². The number of urea groups is 1. The summed E-state index contributed by atoms with van der Waals surface area (Å²) in [6.07, 6.45) is -1.07. The van der Waals surface area contributed by atoms with E-state index in [0.717, 1.165) is 54.1 Å². The summed E-state index contributed by atoms with van der Waals surface area (Å²) in [6.45, 7) is 6.48. The molecule has 0 bridgehead atoms. The fourth-order valence-corrected chi connectivity index (χ4v) is 6.27. The second kappa shape index (κ2) is 15.4. The van der Waals surface area contributed by atoms with Gasteiger partial charge in [0.25, 0.3) is 5.69 Å². The van der Waals surface area contributed by atoms with Crippen LogP contribution in [0.15, 0.2) is 103 Å². The maximum atomic E-state index is 12.7. The molecule has 3 N–H and O–H groups in total. The number of hydrogen-bond donors (Lipinski definition) is 3. The van der Waals surface area contributed by atoms with E-state index in [4.69, 9.17) is 9.47 Å². The minimum atomic E-state index is -0.663. The van der Waals surface area contributed by atoms with Gasteiger partial charge in [-0.3, -0.25) is 15.0 Å². The third kappa shape index (κ3) is 8.18. The van der Waals surface area contributed by atoms with Crippen molar-refractivity contribution in [3.05, 3.63) is 135 Å². The summed E-state index contributed by atoms with van der Waals surface area (Å²) < 4.78 is 13.3. The molecular weight excluding hydrogens is 610 g/mol. The minimum absolute atomic E-state index is 0.0269. The Hall–Kier alpha value is -4.81. The maximum Gasteiger partial charge on any atom is 0.319 e. The number of carbonyl (C=O) groups is 1. The Labute approximate surface area is 280 Å². The second-order valence-corrected chi connectivity index (χ2v) is 12.3. The number of nitrogens with zero attached hydrogens (tertiary/aromatic N) is 3. The molecule has 2 saturated heterocycles. The Balaban J connectivity index is 1.14. The summed E-state index contributed by atoms with van der Waals surface area (Å²) >= 11 is 0. The monoisotopic (exact) mass is 651 g/mol. The summed E-state index contributed by atoms with van der Waals surface area (Å²) in [5.41, 5.74) is 5.35. The molecule has 2 fully saturated rings. The van der Waals surface area contributed by atoms with Gasteiger partial charge in [-0.05, 0) is 41.0 Å². The fraction of sp³-hybridized carbons (Fsp3) is 0.324. The van der Waals surface area contributed by atoms with E-state index in [1.807, 2.05) is 91.0 Å². The number of aliphatic hydroxyl groups excluding tert-OH is 1. The van der Waals surface area contributed by atoms with Gasteiger partial charge in [0.1, 0.15) is 0 Å². The molecule has 11 heteroatoms. The number of hydrogen-bond acceptors (Lipinski definition) is 8. The number of amides is 2. The van der Waals surface area contributed by atoms with E-state index in [1.54, 1.807) is 12.1 Å². The normalized spacial score (nSPS) is 21.4. The van der Waals surface area contributed by atoms with Gasteiger partial charge in [0.05, 0.1) is 23.7 Å². The molecule has 48 heavy (non-hydrogen) atoms. The lowest BCUT2D eigenvalue weighted by molar-refractivity contribution is -0.384. The van der Waals surface area contributed by atoms with Crippen molar-refractivity contribution in [1.82, 2.24) is 10.2 Å². The lowest BCUT2D eigenvalue weighted by Gasteiger charge is -2.44. The predicted molar refractivity (Wildman–Crippen MR) is 183 cm³/mol. The molecule has 2 aliphatic heterocycles. The van der Waals surface area contributed by atoms with E-state index in [0.29, 0.717) is 18.8 Å². The molecular formula is C37H41N5O6. The largest absolute Gasteiger partial charge is 0.392 e. The first-order chi connectivity index (χ1) is 23.4. The molecule has 250 valence electrons. The van der Waals surface area contributed by atoms with Crippen LogP contribution in [-0.2, 0) is 22.6 Å². The Morgan fingerprint density at radius 2 is 1.60 bits per heavy atom. The molecule has 2 amide bonds. The third-order valence-electron chi connectivity index (χ3n) is 9.07. The summed E-state index contributed by atoms with van der Waals surface area (Å²) in [5, 5.41) is 26.5. The van der Waals surface area contributed by atoms with Crippen LogP contribution in [0.3, 0.4) is 0 Å². The molecule has 0 unspecified atom stereocenters. The lowest BCUT2D eigenvalue weighted by Crippen LogP contribution is -2.51. The topological polar surface area (TPSA) is 129 Å². The standard InChI is InChI=1S/C37H41N5O6/c1-26-34(24-40-18-20-41(21-19-40)32-14-16-33(17-15-32)42(45)46)47-36(48-35(26)29-12-10-28(25-43)11-13-29)30-8-5-9-31(22-30)39-37(44)38-23-27-6-3-2-4-7-27/h2-17,22,26,34-36,43H,18-21,23-25H2,1H3,(H2,38,39,44)/t26-,34+,35+,36+/m0/s1. The van der Waals surface area contributed by atoms with Crippen LogP contribution in [0.25, 0.3) is 0 Å². The number of benzene rings is 4. The van der Waals surface area contributed by atoms with Gasteiger partial charge < -0.3 is 30.1 Å². The average Bonchev–Trinajstić information content (AvgIpc) is 3.12. The van der Waals surface area contributed by atoms with Gasteiger partial charge in [-0.2, -0.15) is 0 Å². The van der Waals surface area contributed by atoms with Crippen LogP contribution in [-0.4, -0.2) is 59.8 Å². The third-order valence-corrected chi connectivity index (χ3v) is 9.07. The number of carbonyl (C=O) groups excluding carboxylic acids is 1. The summed E-state index contributed by atoms with van der Waals surface area (Å²) in [5.74, 6) is 0.0269. The molecule has 0 aromatic heterocycles. The van der Waals surface area contributed by atoms with Crippen molar-refractivity contribution in [2.45, 2.75) is 38.6 Å². The highest BCUT2D eigenvalue weighted by Gasteiger charge is 2.39. The number of nitro benzene ring substituents is 1. The molecule has 4 atom stereocenters. The van der Waals surface area contributed by atoms with Crippen LogP contribution in [0, 0.1) is 16.0 Å². The van der Waals surface area contributed by atoms with E-state index < -0.39 is 6.29 Å². The molecule has 0 saturated carbocycles. The molecule has 6 rings (SSSR count). The predicted octanol–water partition coefficient (Wildman–Crippen LogP) is 6.02. The number of piperazine rings is 1. The van der Waals surface area contributed by atoms with E-state index in [1.165, 1.54) is 0 Å².